The lowest BCUT2D eigenvalue weighted by Crippen LogP contribution is -2.15. The number of fused-ring (bicyclic) bond motifs is 1. The summed E-state index contributed by atoms with van der Waals surface area (Å²) in [5.41, 5.74) is 1.18. The maximum atomic E-state index is 13.7. The molecule has 150 valence electrons. The molecule has 29 heavy (non-hydrogen) atoms. The molecule has 1 aromatic heterocycles. The molecule has 2 heterocycles. The van der Waals surface area contributed by atoms with Crippen LogP contribution in [0.15, 0.2) is 53.7 Å². The van der Waals surface area contributed by atoms with Crippen LogP contribution < -0.4 is 15.0 Å². The van der Waals surface area contributed by atoms with Gasteiger partial charge in [-0.15, -0.1) is 10.2 Å². The first-order valence-electron chi connectivity index (χ1n) is 9.26. The molecular formula is C20H20FN5O2S. The first kappa shape index (κ1) is 19.3. The average Bonchev–Trinajstić information content (AvgIpc) is 3.31. The average molecular weight is 413 g/mol. The summed E-state index contributed by atoms with van der Waals surface area (Å²) in [4.78, 5) is 14.2. The summed E-state index contributed by atoms with van der Waals surface area (Å²) < 4.78 is 21.1. The van der Waals surface area contributed by atoms with Crippen LogP contribution in [0.1, 0.15) is 6.92 Å². The molecule has 1 N–H and O–H groups in total. The summed E-state index contributed by atoms with van der Waals surface area (Å²) in [7, 11) is 0. The number of para-hydroxylation sites is 1. The third-order valence-electron chi connectivity index (χ3n) is 4.43. The molecule has 1 amide bonds. The number of benzene rings is 2. The molecule has 0 saturated heterocycles. The zero-order valence-corrected chi connectivity index (χ0v) is 16.7. The van der Waals surface area contributed by atoms with Crippen LogP contribution in [0.5, 0.6) is 5.75 Å². The van der Waals surface area contributed by atoms with Gasteiger partial charge < -0.3 is 15.0 Å². The normalized spacial score (nSPS) is 12.7. The summed E-state index contributed by atoms with van der Waals surface area (Å²) in [6.45, 7) is 4.08. The van der Waals surface area contributed by atoms with Gasteiger partial charge in [0, 0.05) is 18.8 Å². The Morgan fingerprint density at radius 3 is 2.72 bits per heavy atom. The second kappa shape index (κ2) is 8.52. The molecule has 3 aromatic rings. The number of carbonyl (C=O) groups is 1. The van der Waals surface area contributed by atoms with E-state index in [4.69, 9.17) is 4.74 Å². The van der Waals surface area contributed by atoms with Gasteiger partial charge in [-0.25, -0.2) is 4.39 Å². The lowest BCUT2D eigenvalue weighted by atomic mass is 10.3. The zero-order chi connectivity index (χ0) is 20.2. The molecule has 0 unspecified atom stereocenters. The fourth-order valence-electron chi connectivity index (χ4n) is 3.10. The van der Waals surface area contributed by atoms with Crippen molar-refractivity contribution in [3.05, 3.63) is 54.3 Å². The van der Waals surface area contributed by atoms with Crippen LogP contribution in [0.2, 0.25) is 0 Å². The lowest BCUT2D eigenvalue weighted by molar-refractivity contribution is -0.113. The molecule has 1 aliphatic rings. The van der Waals surface area contributed by atoms with E-state index in [-0.39, 0.29) is 17.3 Å². The molecule has 0 bridgehead atoms. The van der Waals surface area contributed by atoms with Gasteiger partial charge in [0.15, 0.2) is 5.16 Å². The molecule has 7 nitrogen and oxygen atoms in total. The number of hydrogen-bond acceptors (Lipinski definition) is 6. The third kappa shape index (κ3) is 4.19. The highest BCUT2D eigenvalue weighted by atomic mass is 32.2. The molecule has 9 heteroatoms. The number of nitrogens with zero attached hydrogens (tertiary/aromatic N) is 4. The van der Waals surface area contributed by atoms with Gasteiger partial charge in [-0.05, 0) is 43.3 Å². The molecule has 0 aliphatic carbocycles. The van der Waals surface area contributed by atoms with Crippen LogP contribution in [0.4, 0.5) is 21.7 Å². The van der Waals surface area contributed by atoms with Crippen LogP contribution in [-0.4, -0.2) is 39.6 Å². The Labute approximate surface area is 171 Å². The van der Waals surface area contributed by atoms with E-state index in [0.29, 0.717) is 11.8 Å². The monoisotopic (exact) mass is 413 g/mol. The van der Waals surface area contributed by atoms with E-state index in [1.807, 2.05) is 35.8 Å². The fourth-order valence-corrected chi connectivity index (χ4v) is 3.86. The van der Waals surface area contributed by atoms with Gasteiger partial charge in [0.05, 0.1) is 18.0 Å². The minimum Gasteiger partial charge on any atom is -0.494 e. The molecule has 1 aliphatic heterocycles. The summed E-state index contributed by atoms with van der Waals surface area (Å²) in [5, 5.41) is 11.7. The number of nitrogens with one attached hydrogen (secondary N) is 1. The highest BCUT2D eigenvalue weighted by Gasteiger charge is 2.26. The number of carbonyl (C=O) groups excluding carboxylic acids is 1. The van der Waals surface area contributed by atoms with Gasteiger partial charge in [-0.2, -0.15) is 0 Å². The minimum atomic E-state index is -0.458. The number of anilines is 3. The number of rotatable bonds is 7. The summed E-state index contributed by atoms with van der Waals surface area (Å²) in [6, 6.07) is 13.9. The Morgan fingerprint density at radius 2 is 1.97 bits per heavy atom. The van der Waals surface area contributed by atoms with E-state index in [1.165, 1.54) is 23.9 Å². The molecular weight excluding hydrogens is 393 g/mol. The molecule has 0 fully saturated rings. The van der Waals surface area contributed by atoms with Crippen molar-refractivity contribution in [2.45, 2.75) is 18.6 Å². The topological polar surface area (TPSA) is 72.3 Å². The predicted molar refractivity (Wildman–Crippen MR) is 110 cm³/mol. The smallest absolute Gasteiger partial charge is 0.234 e. The van der Waals surface area contributed by atoms with Crippen molar-refractivity contribution in [2.75, 3.05) is 29.1 Å². The Kier molecular flexibility index (Phi) is 5.66. The number of hydrogen-bond donors (Lipinski definition) is 1. The third-order valence-corrected chi connectivity index (χ3v) is 5.39. The molecule has 2 aromatic carbocycles. The summed E-state index contributed by atoms with van der Waals surface area (Å²) >= 11 is 1.28. The van der Waals surface area contributed by atoms with Crippen LogP contribution in [0.3, 0.4) is 0 Å². The van der Waals surface area contributed by atoms with Gasteiger partial charge in [0.1, 0.15) is 11.6 Å². The number of amides is 1. The van der Waals surface area contributed by atoms with Crippen LogP contribution in [0, 0.1) is 5.82 Å². The van der Waals surface area contributed by atoms with E-state index in [0.717, 1.165) is 30.5 Å². The molecule has 0 spiro atoms. The summed E-state index contributed by atoms with van der Waals surface area (Å²) in [5.74, 6) is 0.939. The maximum absolute atomic E-state index is 13.7. The fraction of sp³-hybridized carbons (Fsp3) is 0.250. The molecule has 0 atom stereocenters. The Morgan fingerprint density at radius 1 is 1.17 bits per heavy atom. The standard InChI is InChI=1S/C20H20FN5O2S/c1-2-28-15-9-7-14(8-10-15)25-11-12-26-19(25)23-24-20(26)29-13-18(27)22-17-6-4-3-5-16(17)21/h3-10H,2,11-13H2,1H3,(H,22,27). The second-order valence-corrected chi connectivity index (χ2v) is 7.27. The van der Waals surface area contributed by atoms with Gasteiger partial charge in [-0.3, -0.25) is 9.36 Å². The largest absolute Gasteiger partial charge is 0.494 e. The quantitative estimate of drug-likeness (QED) is 0.596. The van der Waals surface area contributed by atoms with Crippen molar-refractivity contribution < 1.29 is 13.9 Å². The van der Waals surface area contributed by atoms with Crippen molar-refractivity contribution in [1.29, 1.82) is 0 Å². The van der Waals surface area contributed by atoms with Crippen molar-refractivity contribution in [1.82, 2.24) is 14.8 Å². The Hall–Kier alpha value is -3.07. The van der Waals surface area contributed by atoms with Gasteiger partial charge in [-0.1, -0.05) is 23.9 Å². The van der Waals surface area contributed by atoms with Crippen LogP contribution in [0.25, 0.3) is 0 Å². The first-order valence-corrected chi connectivity index (χ1v) is 10.2. The van der Waals surface area contributed by atoms with Crippen LogP contribution in [-0.2, 0) is 11.3 Å². The highest BCUT2D eigenvalue weighted by molar-refractivity contribution is 7.99. The lowest BCUT2D eigenvalue weighted by Gasteiger charge is -2.15. The van der Waals surface area contributed by atoms with Gasteiger partial charge in [0.2, 0.25) is 11.9 Å². The maximum Gasteiger partial charge on any atom is 0.234 e. The second-order valence-electron chi connectivity index (χ2n) is 6.33. The Balaban J connectivity index is 1.40. The number of thioether (sulfide) groups is 1. The van der Waals surface area contributed by atoms with E-state index in [1.54, 1.807) is 12.1 Å². The highest BCUT2D eigenvalue weighted by Crippen LogP contribution is 2.32. The number of ether oxygens (including phenoxy) is 1. The molecule has 4 rings (SSSR count). The van der Waals surface area contributed by atoms with Crippen LogP contribution >= 0.6 is 11.8 Å². The summed E-state index contributed by atoms with van der Waals surface area (Å²) in [6.07, 6.45) is 0. The predicted octanol–water partition coefficient (Wildman–Crippen LogP) is 3.70. The van der Waals surface area contributed by atoms with Crippen molar-refractivity contribution in [3.63, 3.8) is 0 Å². The number of aromatic nitrogens is 3. The van der Waals surface area contributed by atoms with Crippen molar-refractivity contribution >= 4 is 35.0 Å². The van der Waals surface area contributed by atoms with Gasteiger partial charge >= 0.3 is 0 Å². The number of halogens is 1. The van der Waals surface area contributed by atoms with Crippen molar-refractivity contribution in [2.24, 2.45) is 0 Å². The van der Waals surface area contributed by atoms with E-state index in [9.17, 15) is 9.18 Å². The van der Waals surface area contributed by atoms with E-state index >= 15 is 0 Å². The van der Waals surface area contributed by atoms with Crippen molar-refractivity contribution in [3.8, 4) is 5.75 Å². The van der Waals surface area contributed by atoms with E-state index in [2.05, 4.69) is 20.4 Å². The SMILES string of the molecule is CCOc1ccc(N2CCn3c(SCC(=O)Nc4ccccc4F)nnc32)cc1. The first-order chi connectivity index (χ1) is 14.2. The Bertz CT molecular complexity index is 1010. The van der Waals surface area contributed by atoms with E-state index < -0.39 is 5.82 Å². The minimum absolute atomic E-state index is 0.121. The molecule has 0 radical (unpaired) electrons. The molecule has 0 saturated carbocycles. The van der Waals surface area contributed by atoms with Gasteiger partial charge in [0.25, 0.3) is 0 Å². The zero-order valence-electron chi connectivity index (χ0n) is 15.8.